The Balaban J connectivity index is 3.05. The molecule has 1 heterocycles. The summed E-state index contributed by atoms with van der Waals surface area (Å²) in [7, 11) is 0. The molecule has 1 rings (SSSR count). The molecule has 0 fully saturated rings. The lowest BCUT2D eigenvalue weighted by Gasteiger charge is -2.09. The molecular weight excluding hydrogens is 140 g/mol. The maximum Gasteiger partial charge on any atom is 0.0752 e. The second-order valence-electron chi connectivity index (χ2n) is 2.79. The second kappa shape index (κ2) is 2.92. The van der Waals surface area contributed by atoms with E-state index in [9.17, 15) is 0 Å². The molecule has 4 nitrogen and oxygen atoms in total. The van der Waals surface area contributed by atoms with Crippen molar-refractivity contribution in [3.63, 3.8) is 0 Å². The molecule has 0 aliphatic carbocycles. The number of nitrogen functional groups attached to an aromatic ring is 1. The van der Waals surface area contributed by atoms with E-state index in [4.69, 9.17) is 11.5 Å². The maximum atomic E-state index is 5.63. The highest BCUT2D eigenvalue weighted by Gasteiger charge is 2.07. The Morgan fingerprint density at radius 2 is 2.27 bits per heavy atom. The summed E-state index contributed by atoms with van der Waals surface area (Å²) in [6.45, 7) is 4.54. The molecule has 0 spiro atoms. The summed E-state index contributed by atoms with van der Waals surface area (Å²) in [5, 5.41) is 4.10. The van der Waals surface area contributed by atoms with E-state index in [1.165, 1.54) is 0 Å². The highest BCUT2D eigenvalue weighted by molar-refractivity contribution is 5.40. The van der Waals surface area contributed by atoms with Crippen molar-refractivity contribution in [2.75, 3.05) is 5.73 Å². The van der Waals surface area contributed by atoms with E-state index in [2.05, 4.69) is 5.10 Å². The zero-order chi connectivity index (χ0) is 8.43. The van der Waals surface area contributed by atoms with Crippen LogP contribution < -0.4 is 11.5 Å². The van der Waals surface area contributed by atoms with E-state index in [-0.39, 0.29) is 0 Å². The number of aromatic nitrogens is 2. The van der Waals surface area contributed by atoms with Gasteiger partial charge in [0.25, 0.3) is 0 Å². The van der Waals surface area contributed by atoms with Gasteiger partial charge in [0, 0.05) is 12.6 Å². The monoisotopic (exact) mass is 154 g/mol. The topological polar surface area (TPSA) is 69.9 Å². The van der Waals surface area contributed by atoms with Gasteiger partial charge in [-0.1, -0.05) is 0 Å². The van der Waals surface area contributed by atoms with Gasteiger partial charge < -0.3 is 11.5 Å². The Labute approximate surface area is 66.2 Å². The number of nitrogens with zero attached hydrogens (tertiary/aromatic N) is 2. The first-order chi connectivity index (χ1) is 5.16. The molecule has 0 unspecified atom stereocenters. The molecule has 4 heteroatoms. The van der Waals surface area contributed by atoms with Crippen molar-refractivity contribution in [1.29, 1.82) is 0 Å². The number of rotatable bonds is 2. The van der Waals surface area contributed by atoms with Crippen LogP contribution in [0, 0.1) is 0 Å². The molecule has 0 atom stereocenters. The lowest BCUT2D eigenvalue weighted by Crippen LogP contribution is -2.11. The van der Waals surface area contributed by atoms with Crippen molar-refractivity contribution in [3.8, 4) is 0 Å². The first-order valence-electron chi connectivity index (χ1n) is 3.68. The van der Waals surface area contributed by atoms with Gasteiger partial charge in [0.05, 0.1) is 17.6 Å². The van der Waals surface area contributed by atoms with Crippen LogP contribution in [-0.4, -0.2) is 9.78 Å². The van der Waals surface area contributed by atoms with Crippen LogP contribution in [0.25, 0.3) is 0 Å². The zero-order valence-electron chi connectivity index (χ0n) is 6.91. The molecule has 0 radical (unpaired) electrons. The van der Waals surface area contributed by atoms with Crippen molar-refractivity contribution in [1.82, 2.24) is 9.78 Å². The van der Waals surface area contributed by atoms with Gasteiger partial charge in [-0.15, -0.1) is 0 Å². The first kappa shape index (κ1) is 8.07. The molecule has 0 bridgehead atoms. The molecule has 11 heavy (non-hydrogen) atoms. The van der Waals surface area contributed by atoms with Crippen molar-refractivity contribution in [3.05, 3.63) is 11.9 Å². The van der Waals surface area contributed by atoms with E-state index < -0.39 is 0 Å². The Morgan fingerprint density at radius 3 is 2.64 bits per heavy atom. The van der Waals surface area contributed by atoms with Crippen LogP contribution in [0.5, 0.6) is 0 Å². The molecule has 0 saturated heterocycles. The van der Waals surface area contributed by atoms with E-state index in [0.29, 0.717) is 18.3 Å². The standard InChI is InChI=1S/C7H14N4/c1-5(2)11-7(3-8)6(9)4-10-11/h4-5H,3,8-9H2,1-2H3. The van der Waals surface area contributed by atoms with Gasteiger partial charge in [0.1, 0.15) is 0 Å². The number of hydrogen-bond acceptors (Lipinski definition) is 3. The highest BCUT2D eigenvalue weighted by atomic mass is 15.3. The van der Waals surface area contributed by atoms with Gasteiger partial charge >= 0.3 is 0 Å². The summed E-state index contributed by atoms with van der Waals surface area (Å²) in [6.07, 6.45) is 1.64. The van der Waals surface area contributed by atoms with E-state index in [0.717, 1.165) is 5.69 Å². The van der Waals surface area contributed by atoms with Crippen LogP contribution in [0.4, 0.5) is 5.69 Å². The van der Waals surface area contributed by atoms with Crippen LogP contribution in [0.1, 0.15) is 25.6 Å². The molecule has 1 aromatic rings. The molecule has 0 saturated carbocycles. The summed E-state index contributed by atoms with van der Waals surface area (Å²) in [5.74, 6) is 0. The van der Waals surface area contributed by atoms with Crippen LogP contribution >= 0.6 is 0 Å². The van der Waals surface area contributed by atoms with Crippen molar-refractivity contribution in [2.24, 2.45) is 5.73 Å². The van der Waals surface area contributed by atoms with E-state index >= 15 is 0 Å². The molecule has 1 aromatic heterocycles. The third-order valence-electron chi connectivity index (χ3n) is 1.61. The first-order valence-corrected chi connectivity index (χ1v) is 3.68. The van der Waals surface area contributed by atoms with Crippen molar-refractivity contribution < 1.29 is 0 Å². The average Bonchev–Trinajstić information content (AvgIpc) is 2.30. The summed E-state index contributed by atoms with van der Waals surface area (Å²) in [6, 6.07) is 0.325. The molecule has 0 aliphatic heterocycles. The number of nitrogens with two attached hydrogens (primary N) is 2. The summed E-state index contributed by atoms with van der Waals surface area (Å²) < 4.78 is 1.84. The summed E-state index contributed by atoms with van der Waals surface area (Å²) in [4.78, 5) is 0. The largest absolute Gasteiger partial charge is 0.396 e. The third-order valence-corrected chi connectivity index (χ3v) is 1.61. The summed E-state index contributed by atoms with van der Waals surface area (Å²) in [5.41, 5.74) is 12.7. The molecule has 0 aliphatic rings. The molecular formula is C7H14N4. The molecule has 62 valence electrons. The van der Waals surface area contributed by atoms with Crippen LogP contribution in [0.2, 0.25) is 0 Å². The van der Waals surface area contributed by atoms with Gasteiger partial charge in [-0.25, -0.2) is 0 Å². The highest BCUT2D eigenvalue weighted by Crippen LogP contribution is 2.14. The zero-order valence-corrected chi connectivity index (χ0v) is 6.91. The fourth-order valence-corrected chi connectivity index (χ4v) is 1.06. The lowest BCUT2D eigenvalue weighted by molar-refractivity contribution is 0.510. The van der Waals surface area contributed by atoms with Crippen LogP contribution in [0.3, 0.4) is 0 Å². The van der Waals surface area contributed by atoms with Crippen molar-refractivity contribution >= 4 is 5.69 Å². The second-order valence-corrected chi connectivity index (χ2v) is 2.79. The SMILES string of the molecule is CC(C)n1ncc(N)c1CN. The van der Waals surface area contributed by atoms with Gasteiger partial charge in [-0.3, -0.25) is 4.68 Å². The lowest BCUT2D eigenvalue weighted by atomic mass is 10.3. The van der Waals surface area contributed by atoms with Crippen LogP contribution in [-0.2, 0) is 6.54 Å². The molecule has 0 aromatic carbocycles. The smallest absolute Gasteiger partial charge is 0.0752 e. The third kappa shape index (κ3) is 1.35. The quantitative estimate of drug-likeness (QED) is 0.651. The van der Waals surface area contributed by atoms with E-state index in [1.54, 1.807) is 6.20 Å². The summed E-state index contributed by atoms with van der Waals surface area (Å²) >= 11 is 0. The Kier molecular flexibility index (Phi) is 2.14. The Hall–Kier alpha value is -1.03. The minimum Gasteiger partial charge on any atom is -0.396 e. The normalized spacial score (nSPS) is 10.9. The minimum absolute atomic E-state index is 0.325. The minimum atomic E-state index is 0.325. The molecule has 0 amide bonds. The fraction of sp³-hybridized carbons (Fsp3) is 0.571. The van der Waals surface area contributed by atoms with Gasteiger partial charge in [0.2, 0.25) is 0 Å². The van der Waals surface area contributed by atoms with Crippen molar-refractivity contribution in [2.45, 2.75) is 26.4 Å². The van der Waals surface area contributed by atoms with Gasteiger partial charge in [-0.2, -0.15) is 5.10 Å². The van der Waals surface area contributed by atoms with Crippen LogP contribution in [0.15, 0.2) is 6.20 Å². The average molecular weight is 154 g/mol. The number of hydrogen-bond donors (Lipinski definition) is 2. The number of anilines is 1. The van der Waals surface area contributed by atoms with Gasteiger partial charge in [0.15, 0.2) is 0 Å². The maximum absolute atomic E-state index is 5.63. The van der Waals surface area contributed by atoms with E-state index in [1.807, 2.05) is 18.5 Å². The van der Waals surface area contributed by atoms with Gasteiger partial charge in [-0.05, 0) is 13.8 Å². The fourth-order valence-electron chi connectivity index (χ4n) is 1.06. The Bertz CT molecular complexity index is 239. The molecule has 4 N–H and O–H groups in total. The predicted octanol–water partition coefficient (Wildman–Crippen LogP) is 0.505. The Morgan fingerprint density at radius 1 is 1.64 bits per heavy atom. The predicted molar refractivity (Wildman–Crippen MR) is 44.9 cm³/mol.